The first-order valence-electron chi connectivity index (χ1n) is 6.97. The number of aromatic nitrogens is 5. The van der Waals surface area contributed by atoms with Crippen LogP contribution in [0.15, 0.2) is 32.9 Å². The third-order valence-electron chi connectivity index (χ3n) is 2.89. The highest BCUT2D eigenvalue weighted by Gasteiger charge is 2.09. The Kier molecular flexibility index (Phi) is 5.48. The highest BCUT2D eigenvalue weighted by Crippen LogP contribution is 2.29. The van der Waals surface area contributed by atoms with E-state index in [0.29, 0.717) is 17.5 Å². The molecule has 0 aliphatic carbocycles. The molecule has 0 unspecified atom stereocenters. The van der Waals surface area contributed by atoms with Crippen molar-refractivity contribution in [2.75, 3.05) is 17.3 Å². The summed E-state index contributed by atoms with van der Waals surface area (Å²) < 4.78 is 1.82. The fraction of sp³-hybridized carbons (Fsp3) is 0.214. The molecule has 3 N–H and O–H groups in total. The molecule has 0 fully saturated rings. The molecule has 3 rings (SSSR count). The van der Waals surface area contributed by atoms with Crippen LogP contribution in [0.5, 0.6) is 0 Å². The highest BCUT2D eigenvalue weighted by molar-refractivity contribution is 8.02. The van der Waals surface area contributed by atoms with E-state index in [2.05, 4.69) is 30.5 Å². The number of nitrogens with zero attached hydrogens (tertiary/aromatic N) is 5. The lowest BCUT2D eigenvalue weighted by Gasteiger charge is -2.07. The summed E-state index contributed by atoms with van der Waals surface area (Å²) >= 11 is 4.66. The molecule has 0 radical (unpaired) electrons. The zero-order chi connectivity index (χ0) is 16.9. The summed E-state index contributed by atoms with van der Waals surface area (Å²) in [7, 11) is 0. The number of thioether (sulfide) groups is 2. The van der Waals surface area contributed by atoms with E-state index in [1.165, 1.54) is 17.3 Å². The van der Waals surface area contributed by atoms with Gasteiger partial charge in [-0.25, -0.2) is 0 Å². The molecule has 0 atom stereocenters. The molecule has 2 heterocycles. The van der Waals surface area contributed by atoms with Crippen molar-refractivity contribution < 1.29 is 0 Å². The molecule has 10 heteroatoms. The van der Waals surface area contributed by atoms with Gasteiger partial charge < -0.3 is 11.1 Å². The maximum atomic E-state index is 5.79. The number of nitrogens with two attached hydrogens (primary N) is 1. The van der Waals surface area contributed by atoms with Crippen LogP contribution in [0.25, 0.3) is 0 Å². The molecule has 3 aromatic rings. The van der Waals surface area contributed by atoms with Gasteiger partial charge in [-0.3, -0.25) is 0 Å². The van der Waals surface area contributed by atoms with Gasteiger partial charge >= 0.3 is 0 Å². The maximum absolute atomic E-state index is 5.79. The number of nitrogen functional groups attached to an aromatic ring is 1. The molecule has 0 amide bonds. The van der Waals surface area contributed by atoms with Crippen LogP contribution in [-0.4, -0.2) is 31.4 Å². The number of aryl methyl sites for hydroxylation is 1. The molecule has 0 aliphatic heterocycles. The number of benzene rings is 1. The van der Waals surface area contributed by atoms with Crippen LogP contribution >= 0.6 is 34.9 Å². The summed E-state index contributed by atoms with van der Waals surface area (Å²) in [5, 5.41) is 11.3. The minimum Gasteiger partial charge on any atom is -0.368 e. The largest absolute Gasteiger partial charge is 0.368 e. The standard InChI is InChI=1S/C14H15N7S3/c1-8-3-5-9(6-4-8)16-12-18-10(17-11(15)19-12)7-23-14-21-20-13(22-2)24-14/h3-6H,7H2,1-2H3,(H3,15,16,17,18,19). The van der Waals surface area contributed by atoms with E-state index >= 15 is 0 Å². The predicted octanol–water partition coefficient (Wildman–Crippen LogP) is 3.37. The first-order chi connectivity index (χ1) is 11.6. The Balaban J connectivity index is 1.69. The van der Waals surface area contributed by atoms with Crippen LogP contribution < -0.4 is 11.1 Å². The van der Waals surface area contributed by atoms with E-state index in [-0.39, 0.29) is 5.95 Å². The van der Waals surface area contributed by atoms with E-state index in [9.17, 15) is 0 Å². The van der Waals surface area contributed by atoms with Crippen LogP contribution in [0.3, 0.4) is 0 Å². The summed E-state index contributed by atoms with van der Waals surface area (Å²) in [5.41, 5.74) is 7.88. The average Bonchev–Trinajstić information content (AvgIpc) is 3.03. The second-order valence-corrected chi connectivity index (χ2v) is 8.00. The van der Waals surface area contributed by atoms with Crippen LogP contribution in [0.1, 0.15) is 11.4 Å². The number of nitrogens with one attached hydrogen (secondary N) is 1. The topological polar surface area (TPSA) is 102 Å². The average molecular weight is 378 g/mol. The van der Waals surface area contributed by atoms with E-state index in [0.717, 1.165) is 14.4 Å². The van der Waals surface area contributed by atoms with Crippen molar-refractivity contribution in [2.24, 2.45) is 0 Å². The summed E-state index contributed by atoms with van der Waals surface area (Å²) in [5.74, 6) is 1.78. The number of hydrogen-bond acceptors (Lipinski definition) is 10. The smallest absolute Gasteiger partial charge is 0.232 e. The Hall–Kier alpha value is -1.91. The Morgan fingerprint density at radius 2 is 1.83 bits per heavy atom. The zero-order valence-electron chi connectivity index (χ0n) is 13.1. The molecule has 1 aromatic carbocycles. The Morgan fingerprint density at radius 1 is 1.08 bits per heavy atom. The molecular weight excluding hydrogens is 362 g/mol. The minimum absolute atomic E-state index is 0.192. The molecular formula is C14H15N7S3. The SMILES string of the molecule is CSc1nnc(SCc2nc(N)nc(Nc3ccc(C)cc3)n2)s1. The van der Waals surface area contributed by atoms with Gasteiger partial charge in [0.15, 0.2) is 8.68 Å². The lowest BCUT2D eigenvalue weighted by atomic mass is 10.2. The van der Waals surface area contributed by atoms with Crippen molar-refractivity contribution >= 4 is 52.4 Å². The Morgan fingerprint density at radius 3 is 2.54 bits per heavy atom. The molecule has 0 saturated carbocycles. The van der Waals surface area contributed by atoms with Crippen molar-refractivity contribution in [1.29, 1.82) is 0 Å². The molecule has 7 nitrogen and oxygen atoms in total. The number of anilines is 3. The molecule has 0 aliphatic rings. The first kappa shape index (κ1) is 16.9. The fourth-order valence-electron chi connectivity index (χ4n) is 1.79. The third-order valence-corrected chi connectivity index (χ3v) is 5.92. The van der Waals surface area contributed by atoms with Gasteiger partial charge in [0.2, 0.25) is 11.9 Å². The molecule has 124 valence electrons. The van der Waals surface area contributed by atoms with Crippen LogP contribution in [-0.2, 0) is 5.75 Å². The molecule has 24 heavy (non-hydrogen) atoms. The van der Waals surface area contributed by atoms with E-state index < -0.39 is 0 Å². The second kappa shape index (κ2) is 7.77. The van der Waals surface area contributed by atoms with Crippen molar-refractivity contribution in [3.63, 3.8) is 0 Å². The summed E-state index contributed by atoms with van der Waals surface area (Å²) in [4.78, 5) is 12.7. The lowest BCUT2D eigenvalue weighted by molar-refractivity contribution is 0.949. The Labute approximate surface area is 151 Å². The minimum atomic E-state index is 0.192. The van der Waals surface area contributed by atoms with Gasteiger partial charge in [0.05, 0.1) is 5.75 Å². The van der Waals surface area contributed by atoms with E-state index in [4.69, 9.17) is 5.73 Å². The second-order valence-electron chi connectivity index (χ2n) is 4.75. The number of hydrogen-bond donors (Lipinski definition) is 2. The first-order valence-corrected chi connectivity index (χ1v) is 9.99. The van der Waals surface area contributed by atoms with Crippen LogP contribution in [0.2, 0.25) is 0 Å². The quantitative estimate of drug-likeness (QED) is 0.626. The zero-order valence-corrected chi connectivity index (χ0v) is 15.5. The molecule has 0 bridgehead atoms. The summed E-state index contributed by atoms with van der Waals surface area (Å²) in [6, 6.07) is 7.97. The van der Waals surface area contributed by atoms with Gasteiger partial charge in [0.1, 0.15) is 5.82 Å². The van der Waals surface area contributed by atoms with E-state index in [1.807, 2.05) is 37.4 Å². The normalized spacial score (nSPS) is 10.8. The summed E-state index contributed by atoms with van der Waals surface area (Å²) in [6.45, 7) is 2.04. The monoisotopic (exact) mass is 377 g/mol. The van der Waals surface area contributed by atoms with Gasteiger partial charge in [-0.1, -0.05) is 52.6 Å². The van der Waals surface area contributed by atoms with Gasteiger partial charge in [0.25, 0.3) is 0 Å². The fourth-order valence-corrected chi connectivity index (χ4v) is 4.08. The maximum Gasteiger partial charge on any atom is 0.232 e. The molecule has 0 saturated heterocycles. The van der Waals surface area contributed by atoms with Crippen molar-refractivity contribution in [3.8, 4) is 0 Å². The van der Waals surface area contributed by atoms with Gasteiger partial charge in [-0.2, -0.15) is 15.0 Å². The van der Waals surface area contributed by atoms with Gasteiger partial charge in [-0.15, -0.1) is 10.2 Å². The molecule has 0 spiro atoms. The van der Waals surface area contributed by atoms with Crippen LogP contribution in [0.4, 0.5) is 17.6 Å². The summed E-state index contributed by atoms with van der Waals surface area (Å²) in [6.07, 6.45) is 1.98. The number of rotatable bonds is 6. The van der Waals surface area contributed by atoms with Gasteiger partial charge in [-0.05, 0) is 25.3 Å². The predicted molar refractivity (Wildman–Crippen MR) is 100.0 cm³/mol. The lowest BCUT2D eigenvalue weighted by Crippen LogP contribution is -2.06. The van der Waals surface area contributed by atoms with Crippen molar-refractivity contribution in [3.05, 3.63) is 35.7 Å². The Bertz CT molecular complexity index is 819. The van der Waals surface area contributed by atoms with Crippen molar-refractivity contribution in [1.82, 2.24) is 25.1 Å². The highest BCUT2D eigenvalue weighted by atomic mass is 32.2. The molecule has 2 aromatic heterocycles. The van der Waals surface area contributed by atoms with Crippen LogP contribution in [0, 0.1) is 6.92 Å². The van der Waals surface area contributed by atoms with Crippen molar-refractivity contribution in [2.45, 2.75) is 21.4 Å². The van der Waals surface area contributed by atoms with Gasteiger partial charge in [0, 0.05) is 5.69 Å². The third kappa shape index (κ3) is 4.56. The van der Waals surface area contributed by atoms with E-state index in [1.54, 1.807) is 23.1 Å².